The van der Waals surface area contributed by atoms with Crippen LogP contribution in [-0.2, 0) is 9.59 Å². The highest BCUT2D eigenvalue weighted by Crippen LogP contribution is 2.19. The highest BCUT2D eigenvalue weighted by atomic mass is 16.4. The molecule has 0 aromatic heterocycles. The number of carbonyl (C=O) groups excluding carboxylic acids is 1. The number of hydrogen-bond acceptors (Lipinski definition) is 7. The van der Waals surface area contributed by atoms with E-state index in [0.717, 1.165) is 5.69 Å². The summed E-state index contributed by atoms with van der Waals surface area (Å²) in [4.78, 5) is 23.5. The third-order valence-corrected chi connectivity index (χ3v) is 3.34. The molecule has 0 fully saturated rings. The minimum Gasteiger partial charge on any atom is -0.481 e. The van der Waals surface area contributed by atoms with Crippen LogP contribution in [0.1, 0.15) is 6.42 Å². The first-order valence-electron chi connectivity index (χ1n) is 7.27. The lowest BCUT2D eigenvalue weighted by Gasteiger charge is -2.24. The zero-order valence-electron chi connectivity index (χ0n) is 12.8. The van der Waals surface area contributed by atoms with E-state index in [4.69, 9.17) is 21.1 Å². The maximum absolute atomic E-state index is 10.8. The van der Waals surface area contributed by atoms with Crippen molar-refractivity contribution in [3.63, 3.8) is 0 Å². The Morgan fingerprint density at radius 1 is 1.22 bits per heavy atom. The van der Waals surface area contributed by atoms with Crippen LogP contribution in [0.4, 0.5) is 11.4 Å². The number of aliphatic carboxylic acids is 1. The van der Waals surface area contributed by atoms with Crippen LogP contribution >= 0.6 is 0 Å². The van der Waals surface area contributed by atoms with Crippen LogP contribution in [0.25, 0.3) is 0 Å². The number of aldehydes is 1. The molecule has 6 N–H and O–H groups in total. The molecule has 0 saturated heterocycles. The van der Waals surface area contributed by atoms with E-state index in [0.29, 0.717) is 25.1 Å². The van der Waals surface area contributed by atoms with E-state index in [2.05, 4.69) is 5.32 Å². The Hall–Kier alpha value is -2.16. The fraction of sp³-hybridized carbons (Fsp3) is 0.467. The number of carboxylic acid groups (broad SMARTS) is 1. The van der Waals surface area contributed by atoms with Gasteiger partial charge in [-0.3, -0.25) is 4.79 Å². The molecule has 0 aliphatic heterocycles. The number of benzene rings is 1. The lowest BCUT2D eigenvalue weighted by molar-refractivity contribution is -0.137. The van der Waals surface area contributed by atoms with E-state index in [1.54, 1.807) is 24.3 Å². The van der Waals surface area contributed by atoms with E-state index in [1.165, 1.54) is 0 Å². The molecule has 0 heterocycles. The van der Waals surface area contributed by atoms with Crippen molar-refractivity contribution in [3.8, 4) is 0 Å². The molecule has 1 rings (SSSR count). The molecule has 128 valence electrons. The largest absolute Gasteiger partial charge is 0.481 e. The van der Waals surface area contributed by atoms with Crippen LogP contribution in [0.5, 0.6) is 0 Å². The predicted molar refractivity (Wildman–Crippen MR) is 86.5 cm³/mol. The summed E-state index contributed by atoms with van der Waals surface area (Å²) in [6.07, 6.45) is 0.238. The van der Waals surface area contributed by atoms with Crippen LogP contribution < -0.4 is 16.0 Å². The van der Waals surface area contributed by atoms with Gasteiger partial charge in [-0.05, 0) is 24.3 Å². The molecule has 8 nitrogen and oxygen atoms in total. The van der Waals surface area contributed by atoms with Crippen LogP contribution in [-0.4, -0.2) is 66.0 Å². The summed E-state index contributed by atoms with van der Waals surface area (Å²) in [5.74, 6) is -1.05. The molecule has 0 saturated carbocycles. The number of rotatable bonds is 11. The van der Waals surface area contributed by atoms with Crippen molar-refractivity contribution in [1.82, 2.24) is 0 Å². The molecule has 0 spiro atoms. The fourth-order valence-electron chi connectivity index (χ4n) is 2.16. The molecule has 0 amide bonds. The van der Waals surface area contributed by atoms with Crippen molar-refractivity contribution >= 4 is 23.6 Å². The summed E-state index contributed by atoms with van der Waals surface area (Å²) in [6, 6.07) is 5.37. The first kappa shape index (κ1) is 18.9. The standard InChI is InChI=1S/C15H23N3O5/c16-13(10-21)14(9-15(22)23)17-11-1-3-12(4-2-11)18(5-7-19)6-8-20/h1-4,10,13-14,17,19-20H,5-9,16H2,(H,22,23)/t13-,14?/m1/s1. The van der Waals surface area contributed by atoms with Crippen molar-refractivity contribution in [2.75, 3.05) is 36.5 Å². The van der Waals surface area contributed by atoms with Crippen LogP contribution in [0, 0.1) is 0 Å². The van der Waals surface area contributed by atoms with Crippen molar-refractivity contribution in [3.05, 3.63) is 24.3 Å². The van der Waals surface area contributed by atoms with Crippen molar-refractivity contribution in [2.24, 2.45) is 5.73 Å². The number of aliphatic hydroxyl groups is 2. The lowest BCUT2D eigenvalue weighted by Crippen LogP contribution is -2.42. The average Bonchev–Trinajstić information content (AvgIpc) is 2.53. The van der Waals surface area contributed by atoms with Gasteiger partial charge in [0.15, 0.2) is 0 Å². The maximum Gasteiger partial charge on any atom is 0.305 e. The van der Waals surface area contributed by atoms with E-state index in [-0.39, 0.29) is 19.6 Å². The van der Waals surface area contributed by atoms with Gasteiger partial charge in [0.1, 0.15) is 6.29 Å². The summed E-state index contributed by atoms with van der Waals surface area (Å²) in [6.45, 7) is 0.722. The molecule has 0 radical (unpaired) electrons. The van der Waals surface area contributed by atoms with Gasteiger partial charge in [0.2, 0.25) is 0 Å². The zero-order valence-corrected chi connectivity index (χ0v) is 12.8. The van der Waals surface area contributed by atoms with E-state index < -0.39 is 18.1 Å². The summed E-state index contributed by atoms with van der Waals surface area (Å²) in [7, 11) is 0. The van der Waals surface area contributed by atoms with Gasteiger partial charge in [-0.2, -0.15) is 0 Å². The monoisotopic (exact) mass is 325 g/mol. The van der Waals surface area contributed by atoms with E-state index in [9.17, 15) is 9.59 Å². The van der Waals surface area contributed by atoms with Gasteiger partial charge in [0.25, 0.3) is 0 Å². The second-order valence-electron chi connectivity index (χ2n) is 5.04. The Labute approximate surface area is 134 Å². The van der Waals surface area contributed by atoms with Crippen molar-refractivity contribution < 1.29 is 24.9 Å². The number of aliphatic hydroxyl groups excluding tert-OH is 2. The molecule has 0 aliphatic rings. The van der Waals surface area contributed by atoms with Gasteiger partial charge in [-0.1, -0.05) is 0 Å². The lowest BCUT2D eigenvalue weighted by atomic mass is 10.1. The van der Waals surface area contributed by atoms with Gasteiger partial charge >= 0.3 is 5.97 Å². The Balaban J connectivity index is 2.80. The molecule has 23 heavy (non-hydrogen) atoms. The number of hydrogen-bond donors (Lipinski definition) is 5. The second-order valence-corrected chi connectivity index (χ2v) is 5.04. The molecule has 0 bridgehead atoms. The van der Waals surface area contributed by atoms with Crippen LogP contribution in [0.3, 0.4) is 0 Å². The topological polar surface area (TPSA) is 136 Å². The predicted octanol–water partition coefficient (Wildman–Crippen LogP) is -0.741. The van der Waals surface area contributed by atoms with Crippen LogP contribution in [0.2, 0.25) is 0 Å². The summed E-state index contributed by atoms with van der Waals surface area (Å²) in [5, 5.41) is 29.9. The average molecular weight is 325 g/mol. The van der Waals surface area contributed by atoms with Gasteiger partial charge in [0.05, 0.1) is 31.7 Å². The second kappa shape index (κ2) is 9.78. The molecule has 0 aliphatic carbocycles. The third kappa shape index (κ3) is 6.23. The first-order chi connectivity index (χ1) is 11.0. The van der Waals surface area contributed by atoms with E-state index in [1.807, 2.05) is 4.90 Å². The molecule has 1 aromatic rings. The molecule has 1 unspecified atom stereocenters. The van der Waals surface area contributed by atoms with Gasteiger partial charge in [-0.25, -0.2) is 0 Å². The highest BCUT2D eigenvalue weighted by molar-refractivity contribution is 5.71. The maximum atomic E-state index is 10.8. The summed E-state index contributed by atoms with van der Waals surface area (Å²) >= 11 is 0. The SMILES string of the molecule is N[C@H](C=O)C(CC(=O)O)Nc1ccc(N(CCO)CCO)cc1. The minimum absolute atomic E-state index is 0.0329. The molecule has 1 aromatic carbocycles. The zero-order chi connectivity index (χ0) is 17.2. The molecule has 2 atom stereocenters. The minimum atomic E-state index is -1.05. The Morgan fingerprint density at radius 3 is 2.22 bits per heavy atom. The summed E-state index contributed by atoms with van der Waals surface area (Å²) < 4.78 is 0. The van der Waals surface area contributed by atoms with E-state index >= 15 is 0 Å². The fourth-order valence-corrected chi connectivity index (χ4v) is 2.16. The Kier molecular flexibility index (Phi) is 8.03. The number of anilines is 2. The third-order valence-electron chi connectivity index (χ3n) is 3.34. The highest BCUT2D eigenvalue weighted by Gasteiger charge is 2.20. The van der Waals surface area contributed by atoms with Crippen LogP contribution in [0.15, 0.2) is 24.3 Å². The van der Waals surface area contributed by atoms with Gasteiger partial charge in [-0.15, -0.1) is 0 Å². The Morgan fingerprint density at radius 2 is 1.78 bits per heavy atom. The van der Waals surface area contributed by atoms with Gasteiger partial charge in [0, 0.05) is 24.5 Å². The number of nitrogens with zero attached hydrogens (tertiary/aromatic N) is 1. The number of nitrogens with two attached hydrogens (primary N) is 1. The quantitative estimate of drug-likeness (QED) is 0.336. The molecular formula is C15H23N3O5. The van der Waals surface area contributed by atoms with Crippen molar-refractivity contribution in [2.45, 2.75) is 18.5 Å². The van der Waals surface area contributed by atoms with Gasteiger partial charge < -0.3 is 36.1 Å². The Bertz CT molecular complexity index is 488. The number of nitrogens with one attached hydrogen (secondary N) is 1. The normalized spacial score (nSPS) is 13.2. The number of carboxylic acids is 1. The summed E-state index contributed by atoms with van der Waals surface area (Å²) in [5.41, 5.74) is 7.06. The molecule has 8 heteroatoms. The first-order valence-corrected chi connectivity index (χ1v) is 7.27. The smallest absolute Gasteiger partial charge is 0.305 e. The van der Waals surface area contributed by atoms with Crippen molar-refractivity contribution in [1.29, 1.82) is 0 Å². The number of carbonyl (C=O) groups is 2. The molecular weight excluding hydrogens is 302 g/mol.